The highest BCUT2D eigenvalue weighted by molar-refractivity contribution is 7.92. The van der Waals surface area contributed by atoms with E-state index in [1.807, 2.05) is 0 Å². The summed E-state index contributed by atoms with van der Waals surface area (Å²) in [7, 11) is -3.65. The van der Waals surface area contributed by atoms with Gasteiger partial charge in [-0.3, -0.25) is 9.52 Å². The van der Waals surface area contributed by atoms with Crippen molar-refractivity contribution in [3.63, 3.8) is 0 Å². The van der Waals surface area contributed by atoms with Gasteiger partial charge in [0.15, 0.2) is 0 Å². The molecule has 114 valence electrons. The highest BCUT2D eigenvalue weighted by Crippen LogP contribution is 2.24. The van der Waals surface area contributed by atoms with Crippen molar-refractivity contribution in [1.29, 1.82) is 0 Å². The fourth-order valence-corrected chi connectivity index (χ4v) is 3.72. The van der Waals surface area contributed by atoms with Crippen molar-refractivity contribution < 1.29 is 13.2 Å². The number of hydrogen-bond donors (Lipinski definition) is 1. The van der Waals surface area contributed by atoms with Crippen LogP contribution >= 0.6 is 11.6 Å². The molecule has 1 N–H and O–H groups in total. The number of rotatable bonds is 3. The van der Waals surface area contributed by atoms with Crippen molar-refractivity contribution in [2.75, 3.05) is 4.72 Å². The minimum absolute atomic E-state index is 0.197. The minimum Gasteiger partial charge on any atom is -0.299 e. The van der Waals surface area contributed by atoms with E-state index in [2.05, 4.69) is 4.72 Å². The predicted octanol–water partition coefficient (Wildman–Crippen LogP) is 3.20. The smallest absolute Gasteiger partial charge is 0.261 e. The molecule has 6 heteroatoms. The lowest BCUT2D eigenvalue weighted by Crippen LogP contribution is -2.16. The second kappa shape index (κ2) is 5.74. The lowest BCUT2D eigenvalue weighted by atomic mass is 9.91. The summed E-state index contributed by atoms with van der Waals surface area (Å²) >= 11 is 5.79. The average Bonchev–Trinajstić information content (AvgIpc) is 2.49. The number of aryl methyl sites for hydroxylation is 1. The molecule has 0 bridgehead atoms. The molecule has 0 atom stereocenters. The second-order valence-corrected chi connectivity index (χ2v) is 7.38. The van der Waals surface area contributed by atoms with Gasteiger partial charge in [-0.15, -0.1) is 0 Å². The molecule has 22 heavy (non-hydrogen) atoms. The van der Waals surface area contributed by atoms with E-state index in [9.17, 15) is 13.2 Å². The first-order valence-corrected chi connectivity index (χ1v) is 8.72. The zero-order valence-electron chi connectivity index (χ0n) is 11.7. The van der Waals surface area contributed by atoms with Crippen molar-refractivity contribution in [1.82, 2.24) is 0 Å². The molecule has 0 aliphatic heterocycles. The molecule has 0 radical (unpaired) electrons. The van der Waals surface area contributed by atoms with Gasteiger partial charge in [-0.1, -0.05) is 17.7 Å². The van der Waals surface area contributed by atoms with Crippen LogP contribution in [0.1, 0.15) is 17.5 Å². The molecule has 0 heterocycles. The van der Waals surface area contributed by atoms with Gasteiger partial charge < -0.3 is 0 Å². The van der Waals surface area contributed by atoms with E-state index < -0.39 is 10.0 Å². The number of Topliss-reactive ketones (excluding diaryl/α,β-unsaturated/α-hetero) is 1. The van der Waals surface area contributed by atoms with Crippen LogP contribution in [-0.4, -0.2) is 14.2 Å². The van der Waals surface area contributed by atoms with Crippen LogP contribution < -0.4 is 4.72 Å². The number of carbonyl (C=O) groups excluding carboxylic acids is 1. The maximum absolute atomic E-state index is 12.4. The lowest BCUT2D eigenvalue weighted by molar-refractivity contribution is -0.118. The Labute approximate surface area is 134 Å². The van der Waals surface area contributed by atoms with E-state index in [-0.39, 0.29) is 10.7 Å². The van der Waals surface area contributed by atoms with Crippen LogP contribution in [-0.2, 0) is 27.7 Å². The molecular formula is C16H14ClNO3S. The Morgan fingerprint density at radius 1 is 0.955 bits per heavy atom. The topological polar surface area (TPSA) is 63.2 Å². The SMILES string of the molecule is O=C1CCc2cc(S(=O)(=O)Nc3ccc(Cl)cc3)ccc2C1. The van der Waals surface area contributed by atoms with Crippen molar-refractivity contribution in [3.8, 4) is 0 Å². The number of carbonyl (C=O) groups is 1. The molecule has 2 aromatic carbocycles. The molecule has 0 saturated heterocycles. The Bertz CT molecular complexity index is 829. The van der Waals surface area contributed by atoms with E-state index in [1.54, 1.807) is 36.4 Å². The van der Waals surface area contributed by atoms with Crippen LogP contribution in [0.5, 0.6) is 0 Å². The second-order valence-electron chi connectivity index (χ2n) is 5.26. The van der Waals surface area contributed by atoms with Crippen LogP contribution in [0, 0.1) is 0 Å². The number of anilines is 1. The summed E-state index contributed by atoms with van der Waals surface area (Å²) in [5, 5.41) is 0.543. The highest BCUT2D eigenvalue weighted by Gasteiger charge is 2.20. The molecule has 3 rings (SSSR count). The molecule has 0 amide bonds. The van der Waals surface area contributed by atoms with E-state index in [0.717, 1.165) is 11.1 Å². The number of benzene rings is 2. The van der Waals surface area contributed by atoms with Crippen molar-refractivity contribution >= 4 is 33.1 Å². The summed E-state index contributed by atoms with van der Waals surface area (Å²) < 4.78 is 27.4. The number of sulfonamides is 1. The van der Waals surface area contributed by atoms with E-state index >= 15 is 0 Å². The van der Waals surface area contributed by atoms with Gasteiger partial charge in [-0.05, 0) is 53.9 Å². The van der Waals surface area contributed by atoms with Crippen LogP contribution in [0.2, 0.25) is 5.02 Å². The van der Waals surface area contributed by atoms with Crippen LogP contribution in [0.15, 0.2) is 47.4 Å². The molecule has 0 aromatic heterocycles. The summed E-state index contributed by atoms with van der Waals surface area (Å²) in [6.45, 7) is 0. The summed E-state index contributed by atoms with van der Waals surface area (Å²) in [6, 6.07) is 11.4. The van der Waals surface area contributed by atoms with Gasteiger partial charge in [0.25, 0.3) is 10.0 Å². The highest BCUT2D eigenvalue weighted by atomic mass is 35.5. The molecular weight excluding hydrogens is 322 g/mol. The molecule has 0 spiro atoms. The molecule has 1 aliphatic carbocycles. The van der Waals surface area contributed by atoms with Crippen LogP contribution in [0.3, 0.4) is 0 Å². The first-order valence-electron chi connectivity index (χ1n) is 6.86. The van der Waals surface area contributed by atoms with Gasteiger partial charge in [0.05, 0.1) is 4.90 Å². The van der Waals surface area contributed by atoms with Gasteiger partial charge >= 0.3 is 0 Å². The maximum atomic E-state index is 12.4. The van der Waals surface area contributed by atoms with Crippen LogP contribution in [0.25, 0.3) is 0 Å². The number of ketones is 1. The van der Waals surface area contributed by atoms with Gasteiger partial charge in [-0.25, -0.2) is 8.42 Å². The zero-order chi connectivity index (χ0) is 15.7. The lowest BCUT2D eigenvalue weighted by Gasteiger charge is -2.16. The summed E-state index contributed by atoms with van der Waals surface area (Å²) in [5.41, 5.74) is 2.30. The summed E-state index contributed by atoms with van der Waals surface area (Å²) in [6.07, 6.45) is 1.46. The summed E-state index contributed by atoms with van der Waals surface area (Å²) in [4.78, 5) is 11.6. The maximum Gasteiger partial charge on any atom is 0.261 e. The fourth-order valence-electron chi connectivity index (χ4n) is 2.48. The standard InChI is InChI=1S/C16H14ClNO3S/c17-13-3-5-14(6-4-13)18-22(20,21)16-8-2-11-9-15(19)7-1-12(11)10-16/h2-6,8,10,18H,1,7,9H2. The van der Waals surface area contributed by atoms with Crippen molar-refractivity contribution in [2.45, 2.75) is 24.2 Å². The molecule has 2 aromatic rings. The van der Waals surface area contributed by atoms with E-state index in [0.29, 0.717) is 30.0 Å². The summed E-state index contributed by atoms with van der Waals surface area (Å²) in [5.74, 6) is 0.197. The third-order valence-corrected chi connectivity index (χ3v) is 5.28. The zero-order valence-corrected chi connectivity index (χ0v) is 13.2. The number of nitrogens with one attached hydrogen (secondary N) is 1. The van der Waals surface area contributed by atoms with Gasteiger partial charge in [0.2, 0.25) is 0 Å². The monoisotopic (exact) mass is 335 g/mol. The van der Waals surface area contributed by atoms with Gasteiger partial charge in [-0.2, -0.15) is 0 Å². The Balaban J connectivity index is 1.89. The number of fused-ring (bicyclic) bond motifs is 1. The van der Waals surface area contributed by atoms with Crippen LogP contribution in [0.4, 0.5) is 5.69 Å². The molecule has 0 unspecified atom stereocenters. The van der Waals surface area contributed by atoms with Crippen molar-refractivity contribution in [3.05, 3.63) is 58.6 Å². The molecule has 4 nitrogen and oxygen atoms in total. The Hall–Kier alpha value is -1.85. The number of hydrogen-bond acceptors (Lipinski definition) is 3. The average molecular weight is 336 g/mol. The molecule has 0 saturated carbocycles. The van der Waals surface area contributed by atoms with Gasteiger partial charge in [0, 0.05) is 23.6 Å². The Kier molecular flexibility index (Phi) is 3.93. The molecule has 0 fully saturated rings. The first kappa shape index (κ1) is 15.1. The Morgan fingerprint density at radius 2 is 1.68 bits per heavy atom. The minimum atomic E-state index is -3.65. The third kappa shape index (κ3) is 3.15. The van der Waals surface area contributed by atoms with Crippen molar-refractivity contribution in [2.24, 2.45) is 0 Å². The largest absolute Gasteiger partial charge is 0.299 e. The third-order valence-electron chi connectivity index (χ3n) is 3.65. The van der Waals surface area contributed by atoms with Gasteiger partial charge in [0.1, 0.15) is 5.78 Å². The fraction of sp³-hybridized carbons (Fsp3) is 0.188. The normalized spacial score (nSPS) is 14.5. The predicted molar refractivity (Wildman–Crippen MR) is 85.7 cm³/mol. The molecule has 1 aliphatic rings. The van der Waals surface area contributed by atoms with E-state index in [1.165, 1.54) is 6.07 Å². The quantitative estimate of drug-likeness (QED) is 0.936. The number of halogens is 1. The Morgan fingerprint density at radius 3 is 2.41 bits per heavy atom. The first-order chi connectivity index (χ1) is 10.4. The van der Waals surface area contributed by atoms with E-state index in [4.69, 9.17) is 11.6 Å².